The topological polar surface area (TPSA) is 12.0 Å². The van der Waals surface area contributed by atoms with E-state index in [1.807, 2.05) is 0 Å². The maximum Gasteiger partial charge on any atom is 0.0240 e. The van der Waals surface area contributed by atoms with E-state index in [-0.39, 0.29) is 0 Å². The minimum atomic E-state index is 0.567. The van der Waals surface area contributed by atoms with Gasteiger partial charge in [-0.05, 0) is 56.4 Å². The summed E-state index contributed by atoms with van der Waals surface area (Å²) in [6, 6.07) is 0. The molecule has 3 rings (SSSR count). The monoisotopic (exact) mass is 249 g/mol. The van der Waals surface area contributed by atoms with Crippen molar-refractivity contribution in [1.29, 1.82) is 0 Å². The summed E-state index contributed by atoms with van der Waals surface area (Å²) in [5.74, 6) is 3.06. The molecule has 0 spiro atoms. The molecule has 3 unspecified atom stereocenters. The van der Waals surface area contributed by atoms with Crippen LogP contribution >= 0.6 is 0 Å². The molecule has 0 aromatic heterocycles. The van der Waals surface area contributed by atoms with Crippen LogP contribution in [0.4, 0.5) is 0 Å². The van der Waals surface area contributed by atoms with Crippen LogP contribution in [-0.2, 0) is 0 Å². The fourth-order valence-electron chi connectivity index (χ4n) is 5.07. The maximum atomic E-state index is 4.09. The summed E-state index contributed by atoms with van der Waals surface area (Å²) < 4.78 is 0. The third kappa shape index (κ3) is 2.35. The molecule has 1 saturated heterocycles. The number of hydrogen-bond acceptors (Lipinski definition) is 1. The lowest BCUT2D eigenvalue weighted by molar-refractivity contribution is 0.0741. The van der Waals surface area contributed by atoms with E-state index in [9.17, 15) is 0 Å². The van der Waals surface area contributed by atoms with Crippen molar-refractivity contribution in [2.75, 3.05) is 6.54 Å². The minimum absolute atomic E-state index is 0.567. The van der Waals surface area contributed by atoms with E-state index in [0.29, 0.717) is 5.54 Å². The summed E-state index contributed by atoms with van der Waals surface area (Å²) in [6.07, 6.45) is 16.3. The molecule has 0 bridgehead atoms. The van der Waals surface area contributed by atoms with Crippen molar-refractivity contribution in [3.8, 4) is 0 Å². The van der Waals surface area contributed by atoms with Gasteiger partial charge in [0.1, 0.15) is 0 Å². The van der Waals surface area contributed by atoms with Crippen molar-refractivity contribution >= 4 is 0 Å². The lowest BCUT2D eigenvalue weighted by Crippen LogP contribution is -2.55. The van der Waals surface area contributed by atoms with Crippen LogP contribution in [0.15, 0.2) is 0 Å². The summed E-state index contributed by atoms with van der Waals surface area (Å²) in [5, 5.41) is 4.09. The Hall–Kier alpha value is -0.0400. The maximum absolute atomic E-state index is 4.09. The van der Waals surface area contributed by atoms with E-state index >= 15 is 0 Å². The van der Waals surface area contributed by atoms with E-state index in [0.717, 1.165) is 17.8 Å². The predicted molar refractivity (Wildman–Crippen MR) is 77.7 cm³/mol. The zero-order valence-electron chi connectivity index (χ0n) is 12.2. The van der Waals surface area contributed by atoms with Crippen LogP contribution < -0.4 is 5.32 Å². The van der Waals surface area contributed by atoms with Gasteiger partial charge in [0.05, 0.1) is 0 Å². The van der Waals surface area contributed by atoms with Crippen LogP contribution in [-0.4, -0.2) is 12.1 Å². The van der Waals surface area contributed by atoms with Crippen molar-refractivity contribution in [2.24, 2.45) is 17.8 Å². The standard InChI is InChI=1S/C17H31N/c1-2-14-8-4-5-9-16(14)17(15-10-11-15)12-6-3-7-13-18-17/h14-16,18H,2-13H2,1H3. The Labute approximate surface area is 113 Å². The van der Waals surface area contributed by atoms with Crippen LogP contribution in [0.25, 0.3) is 0 Å². The molecule has 3 aliphatic rings. The van der Waals surface area contributed by atoms with Gasteiger partial charge in [-0.2, -0.15) is 0 Å². The molecule has 0 aromatic rings. The molecule has 0 radical (unpaired) electrons. The Morgan fingerprint density at radius 1 is 0.944 bits per heavy atom. The zero-order chi connectivity index (χ0) is 12.4. The van der Waals surface area contributed by atoms with E-state index < -0.39 is 0 Å². The van der Waals surface area contributed by atoms with E-state index in [1.165, 1.54) is 77.2 Å². The summed E-state index contributed by atoms with van der Waals surface area (Å²) in [4.78, 5) is 0. The molecule has 2 aliphatic carbocycles. The van der Waals surface area contributed by atoms with Gasteiger partial charge in [0.15, 0.2) is 0 Å². The van der Waals surface area contributed by atoms with Gasteiger partial charge in [-0.3, -0.25) is 0 Å². The van der Waals surface area contributed by atoms with Gasteiger partial charge in [0.2, 0.25) is 0 Å². The van der Waals surface area contributed by atoms with Crippen LogP contribution in [0, 0.1) is 17.8 Å². The van der Waals surface area contributed by atoms with Crippen molar-refractivity contribution in [1.82, 2.24) is 5.32 Å². The van der Waals surface area contributed by atoms with Crippen molar-refractivity contribution in [3.05, 3.63) is 0 Å². The van der Waals surface area contributed by atoms with Gasteiger partial charge in [0.25, 0.3) is 0 Å². The van der Waals surface area contributed by atoms with Crippen molar-refractivity contribution in [2.45, 2.75) is 83.1 Å². The summed E-state index contributed by atoms with van der Waals surface area (Å²) >= 11 is 0. The molecule has 104 valence electrons. The summed E-state index contributed by atoms with van der Waals surface area (Å²) in [5.41, 5.74) is 0.567. The highest BCUT2D eigenvalue weighted by molar-refractivity contribution is 5.07. The molecular formula is C17H31N. The molecule has 1 N–H and O–H groups in total. The second-order valence-corrected chi connectivity index (χ2v) is 7.11. The van der Waals surface area contributed by atoms with Gasteiger partial charge < -0.3 is 5.32 Å². The highest BCUT2D eigenvalue weighted by Crippen LogP contribution is 2.52. The molecule has 3 atom stereocenters. The van der Waals surface area contributed by atoms with Crippen molar-refractivity contribution < 1.29 is 0 Å². The van der Waals surface area contributed by atoms with E-state index in [2.05, 4.69) is 12.2 Å². The largest absolute Gasteiger partial charge is 0.311 e. The number of rotatable bonds is 3. The highest BCUT2D eigenvalue weighted by Gasteiger charge is 2.51. The lowest BCUT2D eigenvalue weighted by Gasteiger charge is -2.47. The van der Waals surface area contributed by atoms with E-state index in [4.69, 9.17) is 0 Å². The Kier molecular flexibility index (Phi) is 3.98. The minimum Gasteiger partial charge on any atom is -0.311 e. The number of nitrogens with one attached hydrogen (secondary N) is 1. The molecule has 0 amide bonds. The first-order chi connectivity index (χ1) is 8.87. The van der Waals surface area contributed by atoms with Gasteiger partial charge in [-0.15, -0.1) is 0 Å². The first kappa shape index (κ1) is 13.0. The van der Waals surface area contributed by atoms with Crippen molar-refractivity contribution in [3.63, 3.8) is 0 Å². The quantitative estimate of drug-likeness (QED) is 0.775. The average molecular weight is 249 g/mol. The normalized spacial score (nSPS) is 42.5. The third-order valence-electron chi connectivity index (χ3n) is 6.12. The van der Waals surface area contributed by atoms with Gasteiger partial charge in [-0.1, -0.05) is 45.4 Å². The first-order valence-electron chi connectivity index (χ1n) is 8.62. The predicted octanol–water partition coefficient (Wildman–Crippen LogP) is 4.52. The molecule has 1 aliphatic heterocycles. The smallest absolute Gasteiger partial charge is 0.0240 e. The number of hydrogen-bond donors (Lipinski definition) is 1. The zero-order valence-corrected chi connectivity index (χ0v) is 12.2. The Balaban J connectivity index is 1.82. The first-order valence-corrected chi connectivity index (χ1v) is 8.62. The molecule has 2 saturated carbocycles. The molecule has 3 fully saturated rings. The molecule has 1 heteroatoms. The molecular weight excluding hydrogens is 218 g/mol. The molecule has 18 heavy (non-hydrogen) atoms. The Morgan fingerprint density at radius 2 is 1.78 bits per heavy atom. The van der Waals surface area contributed by atoms with Gasteiger partial charge >= 0.3 is 0 Å². The molecule has 1 heterocycles. The van der Waals surface area contributed by atoms with Crippen LogP contribution in [0.5, 0.6) is 0 Å². The highest BCUT2D eigenvalue weighted by atomic mass is 15.0. The average Bonchev–Trinajstić information content (AvgIpc) is 3.25. The summed E-state index contributed by atoms with van der Waals surface area (Å²) in [7, 11) is 0. The molecule has 1 nitrogen and oxygen atoms in total. The third-order valence-corrected chi connectivity index (χ3v) is 6.12. The van der Waals surface area contributed by atoms with Crippen LogP contribution in [0.3, 0.4) is 0 Å². The second-order valence-electron chi connectivity index (χ2n) is 7.11. The molecule has 0 aromatic carbocycles. The lowest BCUT2D eigenvalue weighted by atomic mass is 9.64. The van der Waals surface area contributed by atoms with Gasteiger partial charge in [-0.25, -0.2) is 0 Å². The Morgan fingerprint density at radius 3 is 2.56 bits per heavy atom. The Bertz CT molecular complexity index is 261. The fourth-order valence-corrected chi connectivity index (χ4v) is 5.07. The fraction of sp³-hybridized carbons (Fsp3) is 1.00. The van der Waals surface area contributed by atoms with E-state index in [1.54, 1.807) is 0 Å². The van der Waals surface area contributed by atoms with Crippen LogP contribution in [0.2, 0.25) is 0 Å². The second kappa shape index (κ2) is 5.53. The van der Waals surface area contributed by atoms with Gasteiger partial charge in [0, 0.05) is 5.54 Å². The SMILES string of the molecule is CCC1CCCCC1C1(C2CC2)CCCCCN1. The van der Waals surface area contributed by atoms with Crippen LogP contribution in [0.1, 0.15) is 77.6 Å². The summed E-state index contributed by atoms with van der Waals surface area (Å²) in [6.45, 7) is 3.73.